The van der Waals surface area contributed by atoms with Gasteiger partial charge < -0.3 is 15.1 Å². The van der Waals surface area contributed by atoms with Gasteiger partial charge in [-0.25, -0.2) is 0 Å². The van der Waals surface area contributed by atoms with E-state index in [1.165, 1.54) is 0 Å². The summed E-state index contributed by atoms with van der Waals surface area (Å²) in [5, 5.41) is 3.89. The lowest BCUT2D eigenvalue weighted by molar-refractivity contribution is -0.127. The lowest BCUT2D eigenvalue weighted by Gasteiger charge is -2.31. The average molecular weight is 448 g/mol. The number of fused-ring (bicyclic) bond motifs is 1. The highest BCUT2D eigenvalue weighted by atomic mass is 35.5. The van der Waals surface area contributed by atoms with Crippen LogP contribution in [0.4, 0.5) is 11.4 Å². The largest absolute Gasteiger partial charge is 0.365 e. The number of hydrogen-bond donors (Lipinski definition) is 1. The van der Waals surface area contributed by atoms with Gasteiger partial charge in [0.15, 0.2) is 0 Å². The molecule has 1 unspecified atom stereocenters. The number of carbonyl (C=O) groups excluding carboxylic acids is 2. The summed E-state index contributed by atoms with van der Waals surface area (Å²) in [4.78, 5) is 30.2. The van der Waals surface area contributed by atoms with E-state index in [0.29, 0.717) is 22.2 Å². The van der Waals surface area contributed by atoms with Gasteiger partial charge in [-0.3, -0.25) is 9.59 Å². The summed E-state index contributed by atoms with van der Waals surface area (Å²) in [6.45, 7) is 8.52. The third kappa shape index (κ3) is 4.73. The average Bonchev–Trinajstić information content (AvgIpc) is 2.79. The first-order chi connectivity index (χ1) is 14.2. The van der Waals surface area contributed by atoms with Gasteiger partial charge in [-0.1, -0.05) is 41.4 Å². The number of nitrogens with zero attached hydrogens (tertiary/aromatic N) is 2. The van der Waals surface area contributed by atoms with Gasteiger partial charge in [0, 0.05) is 28.7 Å². The standard InChI is InChI=1S/C23H27Cl2N3O2/c1-14(2)27-13-19(26-22(29)11-16-9-10-17(24)12-18(16)25)23(30)28(15(3)4)21-8-6-5-7-20(21)27/h5-10,12,14-15,19H,11,13H2,1-4H3,(H,26,29). The molecule has 5 nitrogen and oxygen atoms in total. The summed E-state index contributed by atoms with van der Waals surface area (Å²) in [5.41, 5.74) is 2.53. The zero-order chi connectivity index (χ0) is 22.0. The van der Waals surface area contributed by atoms with Crippen molar-refractivity contribution in [2.75, 3.05) is 16.3 Å². The molecule has 0 saturated carbocycles. The molecule has 7 heteroatoms. The summed E-state index contributed by atoms with van der Waals surface area (Å²) < 4.78 is 0. The van der Waals surface area contributed by atoms with E-state index in [4.69, 9.17) is 23.2 Å². The van der Waals surface area contributed by atoms with E-state index < -0.39 is 6.04 Å². The Morgan fingerprint density at radius 2 is 1.73 bits per heavy atom. The number of rotatable bonds is 5. The highest BCUT2D eigenvalue weighted by molar-refractivity contribution is 6.35. The number of halogens is 2. The third-order valence-electron chi connectivity index (χ3n) is 5.21. The number of nitrogens with one attached hydrogen (secondary N) is 1. The van der Waals surface area contributed by atoms with Gasteiger partial charge in [-0.05, 0) is 57.5 Å². The maximum Gasteiger partial charge on any atom is 0.251 e. The summed E-state index contributed by atoms with van der Waals surface area (Å²) in [5.74, 6) is -0.368. The van der Waals surface area contributed by atoms with E-state index >= 15 is 0 Å². The van der Waals surface area contributed by atoms with Crippen LogP contribution in [0.2, 0.25) is 10.0 Å². The van der Waals surface area contributed by atoms with E-state index in [0.717, 1.165) is 11.4 Å². The molecule has 0 radical (unpaired) electrons. The van der Waals surface area contributed by atoms with Crippen molar-refractivity contribution < 1.29 is 9.59 Å². The molecule has 0 bridgehead atoms. The van der Waals surface area contributed by atoms with Crippen molar-refractivity contribution in [1.29, 1.82) is 0 Å². The van der Waals surface area contributed by atoms with Crippen LogP contribution in [-0.4, -0.2) is 36.5 Å². The minimum Gasteiger partial charge on any atom is -0.365 e. The summed E-state index contributed by atoms with van der Waals surface area (Å²) in [7, 11) is 0. The van der Waals surface area contributed by atoms with Crippen LogP contribution in [0.15, 0.2) is 42.5 Å². The second kappa shape index (κ2) is 9.27. The molecule has 0 spiro atoms. The van der Waals surface area contributed by atoms with Crippen molar-refractivity contribution in [3.05, 3.63) is 58.1 Å². The van der Waals surface area contributed by atoms with Crippen molar-refractivity contribution in [1.82, 2.24) is 5.32 Å². The van der Waals surface area contributed by atoms with Crippen LogP contribution in [0.5, 0.6) is 0 Å². The number of para-hydroxylation sites is 2. The molecule has 0 fully saturated rings. The molecule has 1 atom stereocenters. The lowest BCUT2D eigenvalue weighted by atomic mass is 10.1. The highest BCUT2D eigenvalue weighted by Gasteiger charge is 2.36. The molecule has 1 aliphatic rings. The molecule has 1 N–H and O–H groups in total. The first kappa shape index (κ1) is 22.4. The Kier molecular flexibility index (Phi) is 6.94. The number of benzene rings is 2. The summed E-state index contributed by atoms with van der Waals surface area (Å²) in [6, 6.07) is 12.4. The summed E-state index contributed by atoms with van der Waals surface area (Å²) in [6.07, 6.45) is 0.0795. The zero-order valence-corrected chi connectivity index (χ0v) is 19.2. The predicted molar refractivity (Wildman–Crippen MR) is 124 cm³/mol. The monoisotopic (exact) mass is 447 g/mol. The molecule has 2 aromatic rings. The molecule has 1 aliphatic heterocycles. The Morgan fingerprint density at radius 1 is 1.07 bits per heavy atom. The van der Waals surface area contributed by atoms with Gasteiger partial charge in [0.25, 0.3) is 5.91 Å². The van der Waals surface area contributed by atoms with Crippen LogP contribution in [0.3, 0.4) is 0 Å². The first-order valence-electron chi connectivity index (χ1n) is 10.1. The molecule has 160 valence electrons. The molecular weight excluding hydrogens is 421 g/mol. The van der Waals surface area contributed by atoms with Crippen LogP contribution in [0.25, 0.3) is 0 Å². The van der Waals surface area contributed by atoms with Crippen molar-refractivity contribution in [2.24, 2.45) is 0 Å². The Hall–Kier alpha value is -2.24. The Morgan fingerprint density at radius 3 is 2.33 bits per heavy atom. The minimum absolute atomic E-state index is 0.0455. The first-order valence-corrected chi connectivity index (χ1v) is 10.9. The number of amides is 2. The van der Waals surface area contributed by atoms with Gasteiger partial charge in [-0.15, -0.1) is 0 Å². The van der Waals surface area contributed by atoms with Crippen LogP contribution in [0.1, 0.15) is 33.3 Å². The van der Waals surface area contributed by atoms with Crippen LogP contribution >= 0.6 is 23.2 Å². The molecule has 0 aromatic heterocycles. The van der Waals surface area contributed by atoms with Gasteiger partial charge >= 0.3 is 0 Å². The van der Waals surface area contributed by atoms with Crippen LogP contribution < -0.4 is 15.1 Å². The smallest absolute Gasteiger partial charge is 0.251 e. The van der Waals surface area contributed by atoms with Crippen molar-refractivity contribution in [3.63, 3.8) is 0 Å². The highest BCUT2D eigenvalue weighted by Crippen LogP contribution is 2.35. The summed E-state index contributed by atoms with van der Waals surface area (Å²) >= 11 is 12.2. The van der Waals surface area contributed by atoms with Crippen molar-refractivity contribution >= 4 is 46.4 Å². The Balaban J connectivity index is 1.89. The second-order valence-corrected chi connectivity index (χ2v) is 8.91. The van der Waals surface area contributed by atoms with Gasteiger partial charge in [-0.2, -0.15) is 0 Å². The van der Waals surface area contributed by atoms with E-state index in [9.17, 15) is 9.59 Å². The SMILES string of the molecule is CC(C)N1CC(NC(=O)Cc2ccc(Cl)cc2Cl)C(=O)N(C(C)C)c2ccccc21. The van der Waals surface area contributed by atoms with E-state index in [-0.39, 0.29) is 30.3 Å². The molecule has 3 rings (SSSR count). The lowest BCUT2D eigenvalue weighted by Crippen LogP contribution is -2.54. The van der Waals surface area contributed by atoms with Crippen LogP contribution in [0, 0.1) is 0 Å². The second-order valence-electron chi connectivity index (χ2n) is 8.07. The normalized spacial score (nSPS) is 16.7. The predicted octanol–water partition coefficient (Wildman–Crippen LogP) is 4.69. The van der Waals surface area contributed by atoms with Gasteiger partial charge in [0.05, 0.1) is 17.8 Å². The quantitative estimate of drug-likeness (QED) is 0.722. The molecule has 2 amide bonds. The fourth-order valence-electron chi connectivity index (χ4n) is 3.78. The van der Waals surface area contributed by atoms with Crippen molar-refractivity contribution in [2.45, 2.75) is 52.2 Å². The fraction of sp³-hybridized carbons (Fsp3) is 0.391. The van der Waals surface area contributed by atoms with Crippen molar-refractivity contribution in [3.8, 4) is 0 Å². The maximum atomic E-state index is 13.5. The minimum atomic E-state index is -0.666. The van der Waals surface area contributed by atoms with Crippen LogP contribution in [-0.2, 0) is 16.0 Å². The molecule has 0 aliphatic carbocycles. The zero-order valence-electron chi connectivity index (χ0n) is 17.7. The fourth-order valence-corrected chi connectivity index (χ4v) is 4.26. The number of carbonyl (C=O) groups is 2. The third-order valence-corrected chi connectivity index (χ3v) is 5.79. The van der Waals surface area contributed by atoms with E-state index in [1.807, 2.05) is 38.1 Å². The molecule has 30 heavy (non-hydrogen) atoms. The Labute approximate surface area is 187 Å². The molecule has 1 heterocycles. The Bertz CT molecular complexity index is 946. The van der Waals surface area contributed by atoms with E-state index in [1.54, 1.807) is 23.1 Å². The maximum absolute atomic E-state index is 13.5. The molecule has 2 aromatic carbocycles. The van der Waals surface area contributed by atoms with Gasteiger partial charge in [0.2, 0.25) is 5.91 Å². The molecule has 0 saturated heterocycles. The van der Waals surface area contributed by atoms with E-state index in [2.05, 4.69) is 24.1 Å². The number of hydrogen-bond acceptors (Lipinski definition) is 3. The molecular formula is C23H27Cl2N3O2. The number of anilines is 2. The topological polar surface area (TPSA) is 52.7 Å². The van der Waals surface area contributed by atoms with Gasteiger partial charge in [0.1, 0.15) is 6.04 Å².